The molecule has 1 saturated heterocycles. The van der Waals surface area contributed by atoms with Crippen LogP contribution in [0.2, 0.25) is 0 Å². The van der Waals surface area contributed by atoms with Gasteiger partial charge in [0.15, 0.2) is 11.4 Å². The van der Waals surface area contributed by atoms with Crippen LogP contribution in [0.5, 0.6) is 0 Å². The van der Waals surface area contributed by atoms with Gasteiger partial charge >= 0.3 is 0 Å². The summed E-state index contributed by atoms with van der Waals surface area (Å²) in [5.74, 6) is -1.21. The first kappa shape index (κ1) is 27.0. The normalized spacial score (nSPS) is 19.1. The highest BCUT2D eigenvalue weighted by Crippen LogP contribution is 2.30. The molecule has 33 heavy (non-hydrogen) atoms. The molecule has 1 heterocycles. The van der Waals surface area contributed by atoms with Gasteiger partial charge in [-0.15, -0.1) is 0 Å². The summed E-state index contributed by atoms with van der Waals surface area (Å²) < 4.78 is 5.13. The predicted molar refractivity (Wildman–Crippen MR) is 124 cm³/mol. The lowest BCUT2D eigenvalue weighted by atomic mass is 9.92. The van der Waals surface area contributed by atoms with Gasteiger partial charge in [-0.2, -0.15) is 0 Å². The number of aliphatic hydroxyl groups is 2. The first-order valence-corrected chi connectivity index (χ1v) is 11.8. The van der Waals surface area contributed by atoms with E-state index in [1.54, 1.807) is 0 Å². The Hall–Kier alpha value is -2.29. The third-order valence-electron chi connectivity index (χ3n) is 5.83. The summed E-state index contributed by atoms with van der Waals surface area (Å²) in [6.45, 7) is 2.94. The Labute approximate surface area is 196 Å². The molecule has 8 heteroatoms. The average molecular weight is 463 g/mol. The third kappa shape index (κ3) is 8.87. The lowest BCUT2D eigenvalue weighted by Gasteiger charge is -2.24. The Kier molecular flexibility index (Phi) is 11.0. The van der Waals surface area contributed by atoms with E-state index in [0.717, 1.165) is 25.7 Å². The third-order valence-corrected chi connectivity index (χ3v) is 5.83. The maximum absolute atomic E-state index is 12.7. The van der Waals surface area contributed by atoms with Crippen LogP contribution in [0.25, 0.3) is 0 Å². The number of ketones is 1. The lowest BCUT2D eigenvalue weighted by Crippen LogP contribution is -2.55. The molecule has 2 unspecified atom stereocenters. The van der Waals surface area contributed by atoms with Gasteiger partial charge in [0, 0.05) is 6.42 Å². The summed E-state index contributed by atoms with van der Waals surface area (Å²) in [5, 5.41) is 24.3. The largest absolute Gasteiger partial charge is 0.394 e. The van der Waals surface area contributed by atoms with Gasteiger partial charge in [0.05, 0.1) is 25.9 Å². The molecule has 0 spiro atoms. The van der Waals surface area contributed by atoms with Crippen molar-refractivity contribution >= 4 is 17.6 Å². The molecule has 0 aromatic heterocycles. The SMILES string of the molecule is CC(C)CC(NC(=O)[C@H](CO)NC(=O)CCCCCCc1ccccc1)C(=O)C1(CO)CO1. The standard InChI is InChI=1S/C25H38N2O6/c1-18(2)14-20(23(31)25(16-29)17-33-25)27-24(32)21(15-28)26-22(30)13-9-4-3-6-10-19-11-7-5-8-12-19/h5,7-8,11-12,18,20-21,28-29H,3-4,6,9-10,13-17H2,1-2H3,(H,26,30)(H,27,32)/t20?,21-,25?/m0/s1. The second-order valence-electron chi connectivity index (χ2n) is 9.20. The molecule has 0 aliphatic carbocycles. The number of carbonyl (C=O) groups excluding carboxylic acids is 3. The van der Waals surface area contributed by atoms with E-state index in [9.17, 15) is 24.6 Å². The quantitative estimate of drug-likeness (QED) is 0.218. The Balaban J connectivity index is 1.74. The number of ether oxygens (including phenoxy) is 1. The highest BCUT2D eigenvalue weighted by atomic mass is 16.6. The molecule has 4 N–H and O–H groups in total. The van der Waals surface area contributed by atoms with Crippen LogP contribution in [0.15, 0.2) is 30.3 Å². The molecule has 0 saturated carbocycles. The number of hydrogen-bond acceptors (Lipinski definition) is 6. The summed E-state index contributed by atoms with van der Waals surface area (Å²) >= 11 is 0. The summed E-state index contributed by atoms with van der Waals surface area (Å²) in [7, 11) is 0. The Morgan fingerprint density at radius 3 is 2.24 bits per heavy atom. The first-order chi connectivity index (χ1) is 15.8. The fourth-order valence-electron chi connectivity index (χ4n) is 3.76. The van der Waals surface area contributed by atoms with Crippen molar-refractivity contribution in [3.8, 4) is 0 Å². The number of Topliss-reactive ketones (excluding diaryl/α,β-unsaturated/α-hetero) is 1. The van der Waals surface area contributed by atoms with Crippen molar-refractivity contribution in [2.75, 3.05) is 19.8 Å². The van der Waals surface area contributed by atoms with Crippen LogP contribution < -0.4 is 10.6 Å². The van der Waals surface area contributed by atoms with E-state index in [2.05, 4.69) is 22.8 Å². The second kappa shape index (κ2) is 13.4. The van der Waals surface area contributed by atoms with Crippen molar-refractivity contribution in [2.45, 2.75) is 76.5 Å². The van der Waals surface area contributed by atoms with Crippen LogP contribution in [0.1, 0.15) is 57.9 Å². The van der Waals surface area contributed by atoms with Gasteiger partial charge in [-0.25, -0.2) is 0 Å². The molecule has 2 amide bonds. The molecule has 3 atom stereocenters. The van der Waals surface area contributed by atoms with Crippen molar-refractivity contribution < 1.29 is 29.3 Å². The highest BCUT2D eigenvalue weighted by Gasteiger charge is 2.54. The molecule has 8 nitrogen and oxygen atoms in total. The second-order valence-corrected chi connectivity index (χ2v) is 9.20. The zero-order chi connectivity index (χ0) is 24.3. The van der Waals surface area contributed by atoms with Crippen LogP contribution in [0.3, 0.4) is 0 Å². The molecule has 1 aromatic carbocycles. The van der Waals surface area contributed by atoms with Gasteiger partial charge in [-0.05, 0) is 37.2 Å². The van der Waals surface area contributed by atoms with E-state index in [4.69, 9.17) is 4.74 Å². The van der Waals surface area contributed by atoms with Crippen LogP contribution in [0, 0.1) is 5.92 Å². The highest BCUT2D eigenvalue weighted by molar-refractivity contribution is 5.98. The van der Waals surface area contributed by atoms with Gasteiger partial charge in [-0.3, -0.25) is 14.4 Å². The van der Waals surface area contributed by atoms with Crippen LogP contribution >= 0.6 is 0 Å². The molecule has 1 fully saturated rings. The van der Waals surface area contributed by atoms with Crippen molar-refractivity contribution in [3.05, 3.63) is 35.9 Å². The van der Waals surface area contributed by atoms with E-state index in [0.29, 0.717) is 12.8 Å². The summed E-state index contributed by atoms with van der Waals surface area (Å²) in [6, 6.07) is 8.27. The maximum atomic E-state index is 12.7. The van der Waals surface area contributed by atoms with E-state index < -0.39 is 36.8 Å². The number of hydrogen-bond donors (Lipinski definition) is 4. The number of aliphatic hydroxyl groups excluding tert-OH is 2. The van der Waals surface area contributed by atoms with Gasteiger partial charge in [0.2, 0.25) is 11.8 Å². The van der Waals surface area contributed by atoms with Crippen LogP contribution in [-0.4, -0.2) is 65.3 Å². The van der Waals surface area contributed by atoms with E-state index in [-0.39, 0.29) is 30.6 Å². The van der Waals surface area contributed by atoms with Crippen molar-refractivity contribution in [2.24, 2.45) is 5.92 Å². The fourth-order valence-corrected chi connectivity index (χ4v) is 3.76. The molecule has 0 bridgehead atoms. The zero-order valence-electron chi connectivity index (χ0n) is 19.7. The number of unbranched alkanes of at least 4 members (excludes halogenated alkanes) is 3. The van der Waals surface area contributed by atoms with Crippen molar-refractivity contribution in [1.82, 2.24) is 10.6 Å². The number of nitrogens with one attached hydrogen (secondary N) is 2. The monoisotopic (exact) mass is 462 g/mol. The summed E-state index contributed by atoms with van der Waals surface area (Å²) in [6.07, 6.45) is 5.32. The van der Waals surface area contributed by atoms with E-state index in [1.165, 1.54) is 5.56 Å². The Morgan fingerprint density at radius 1 is 1.00 bits per heavy atom. The van der Waals surface area contributed by atoms with Gasteiger partial charge in [0.1, 0.15) is 6.04 Å². The molecule has 1 aromatic rings. The van der Waals surface area contributed by atoms with Gasteiger partial charge in [0.25, 0.3) is 0 Å². The average Bonchev–Trinajstić information content (AvgIpc) is 3.60. The molecule has 2 rings (SSSR count). The summed E-state index contributed by atoms with van der Waals surface area (Å²) in [4.78, 5) is 37.6. The number of epoxide rings is 1. The Bertz CT molecular complexity index is 763. The first-order valence-electron chi connectivity index (χ1n) is 11.8. The minimum absolute atomic E-state index is 0.109. The smallest absolute Gasteiger partial charge is 0.245 e. The number of carbonyl (C=O) groups is 3. The van der Waals surface area contributed by atoms with Crippen molar-refractivity contribution in [1.29, 1.82) is 0 Å². The summed E-state index contributed by atoms with van der Waals surface area (Å²) in [5.41, 5.74) is 0.0603. The maximum Gasteiger partial charge on any atom is 0.245 e. The van der Waals surface area contributed by atoms with Crippen LogP contribution in [0.4, 0.5) is 0 Å². The van der Waals surface area contributed by atoms with Crippen molar-refractivity contribution in [3.63, 3.8) is 0 Å². The van der Waals surface area contributed by atoms with Gasteiger partial charge < -0.3 is 25.6 Å². The number of rotatable bonds is 16. The number of benzene rings is 1. The Morgan fingerprint density at radius 2 is 1.67 bits per heavy atom. The topological polar surface area (TPSA) is 128 Å². The number of amides is 2. The van der Waals surface area contributed by atoms with E-state index >= 15 is 0 Å². The number of aryl methyl sites for hydroxylation is 1. The molecule has 184 valence electrons. The molecule has 0 radical (unpaired) electrons. The molecular weight excluding hydrogens is 424 g/mol. The minimum atomic E-state index is -1.24. The van der Waals surface area contributed by atoms with Gasteiger partial charge in [-0.1, -0.05) is 57.0 Å². The molecule has 1 aliphatic rings. The molecular formula is C25H38N2O6. The fraction of sp³-hybridized carbons (Fsp3) is 0.640. The minimum Gasteiger partial charge on any atom is -0.394 e. The lowest BCUT2D eigenvalue weighted by molar-refractivity contribution is -0.134. The zero-order valence-corrected chi connectivity index (χ0v) is 19.7. The van der Waals surface area contributed by atoms with Crippen LogP contribution in [-0.2, 0) is 25.5 Å². The predicted octanol–water partition coefficient (Wildman–Crippen LogP) is 1.52. The molecule has 1 aliphatic heterocycles. The van der Waals surface area contributed by atoms with E-state index in [1.807, 2.05) is 32.0 Å².